The molecule has 1 aromatic heterocycles. The van der Waals surface area contributed by atoms with Gasteiger partial charge in [-0.2, -0.15) is 0 Å². The van der Waals surface area contributed by atoms with E-state index < -0.39 is 11.9 Å². The Morgan fingerprint density at radius 3 is 2.36 bits per heavy atom. The summed E-state index contributed by atoms with van der Waals surface area (Å²) in [6, 6.07) is 0. The maximum Gasteiger partial charge on any atom is 0.303 e. The minimum atomic E-state index is -0.885. The van der Waals surface area contributed by atoms with Crippen LogP contribution < -0.4 is 5.73 Å². The van der Waals surface area contributed by atoms with E-state index in [1.807, 2.05) is 0 Å². The Balaban J connectivity index is 2.64. The summed E-state index contributed by atoms with van der Waals surface area (Å²) in [4.78, 5) is 28.2. The molecule has 0 aliphatic heterocycles. The number of carboxylic acid groups (broad SMARTS) is 1. The lowest BCUT2D eigenvalue weighted by Gasteiger charge is -1.97. The number of carbonyl (C=O) groups is 2. The number of aliphatic carboxylic acids is 1. The summed E-state index contributed by atoms with van der Waals surface area (Å²) in [5.74, 6) is -1.65. The SMILES string of the molecule is NC(=O)c1ncc(CCC(=O)O)cn1. The fraction of sp³-hybridized carbons (Fsp3) is 0.250. The first-order valence-corrected chi connectivity index (χ1v) is 3.92. The Labute approximate surface area is 79.8 Å². The van der Waals surface area contributed by atoms with Gasteiger partial charge in [0, 0.05) is 18.8 Å². The van der Waals surface area contributed by atoms with E-state index in [-0.39, 0.29) is 12.2 Å². The number of hydrogen-bond donors (Lipinski definition) is 2. The quantitative estimate of drug-likeness (QED) is 0.679. The highest BCUT2D eigenvalue weighted by atomic mass is 16.4. The van der Waals surface area contributed by atoms with Crippen molar-refractivity contribution in [1.29, 1.82) is 0 Å². The predicted molar refractivity (Wildman–Crippen MR) is 46.5 cm³/mol. The molecule has 0 atom stereocenters. The molecule has 0 saturated heterocycles. The van der Waals surface area contributed by atoms with Crippen LogP contribution in [0.5, 0.6) is 0 Å². The number of amides is 1. The number of carbonyl (C=O) groups excluding carboxylic acids is 1. The van der Waals surface area contributed by atoms with Crippen molar-refractivity contribution in [2.75, 3.05) is 0 Å². The molecule has 0 aromatic carbocycles. The average Bonchev–Trinajstić information content (AvgIpc) is 2.15. The molecule has 0 aliphatic rings. The fourth-order valence-corrected chi connectivity index (χ4v) is 0.862. The highest BCUT2D eigenvalue weighted by Gasteiger charge is 2.04. The Morgan fingerprint density at radius 1 is 1.36 bits per heavy atom. The highest BCUT2D eigenvalue weighted by Crippen LogP contribution is 2.00. The third-order valence-corrected chi connectivity index (χ3v) is 1.55. The number of aromatic nitrogens is 2. The lowest BCUT2D eigenvalue weighted by molar-refractivity contribution is -0.136. The van der Waals surface area contributed by atoms with Crippen LogP contribution in [0.2, 0.25) is 0 Å². The molecule has 0 unspecified atom stereocenters. The van der Waals surface area contributed by atoms with Crippen molar-refractivity contribution in [3.05, 3.63) is 23.8 Å². The van der Waals surface area contributed by atoms with E-state index in [0.717, 1.165) is 0 Å². The van der Waals surface area contributed by atoms with Crippen LogP contribution in [0.4, 0.5) is 0 Å². The van der Waals surface area contributed by atoms with Crippen molar-refractivity contribution in [2.45, 2.75) is 12.8 Å². The molecular formula is C8H9N3O3. The van der Waals surface area contributed by atoms with Gasteiger partial charge in [0.15, 0.2) is 0 Å². The highest BCUT2D eigenvalue weighted by molar-refractivity contribution is 5.88. The van der Waals surface area contributed by atoms with Gasteiger partial charge >= 0.3 is 5.97 Å². The summed E-state index contributed by atoms with van der Waals surface area (Å²) in [5, 5.41) is 8.40. The molecule has 3 N–H and O–H groups in total. The van der Waals surface area contributed by atoms with Gasteiger partial charge in [-0.05, 0) is 12.0 Å². The summed E-state index contributed by atoms with van der Waals surface area (Å²) in [7, 11) is 0. The second-order valence-electron chi connectivity index (χ2n) is 2.67. The van der Waals surface area contributed by atoms with Crippen molar-refractivity contribution < 1.29 is 14.7 Å². The molecule has 0 radical (unpaired) electrons. The summed E-state index contributed by atoms with van der Waals surface area (Å²) in [6.07, 6.45) is 3.15. The zero-order chi connectivity index (χ0) is 10.6. The van der Waals surface area contributed by atoms with Gasteiger partial charge in [-0.15, -0.1) is 0 Å². The molecule has 14 heavy (non-hydrogen) atoms. The summed E-state index contributed by atoms with van der Waals surface area (Å²) in [6.45, 7) is 0. The molecule has 6 nitrogen and oxygen atoms in total. The zero-order valence-corrected chi connectivity index (χ0v) is 7.30. The van der Waals surface area contributed by atoms with Crippen molar-refractivity contribution in [2.24, 2.45) is 5.73 Å². The van der Waals surface area contributed by atoms with E-state index in [4.69, 9.17) is 10.8 Å². The number of rotatable bonds is 4. The molecule has 1 aromatic rings. The molecule has 74 valence electrons. The number of nitrogens with zero attached hydrogens (tertiary/aromatic N) is 2. The Kier molecular flexibility index (Phi) is 3.11. The maximum absolute atomic E-state index is 10.6. The maximum atomic E-state index is 10.6. The standard InChI is InChI=1S/C8H9N3O3/c9-7(14)8-10-3-5(4-11-8)1-2-6(12)13/h3-4H,1-2H2,(H2,9,14)(H,12,13). The smallest absolute Gasteiger partial charge is 0.303 e. The third-order valence-electron chi connectivity index (χ3n) is 1.55. The molecule has 0 aliphatic carbocycles. The molecule has 0 fully saturated rings. The second kappa shape index (κ2) is 4.31. The van der Waals surface area contributed by atoms with Crippen LogP contribution in [-0.2, 0) is 11.2 Å². The van der Waals surface area contributed by atoms with Gasteiger partial charge in [-0.3, -0.25) is 9.59 Å². The molecule has 1 rings (SSSR count). The number of hydrogen-bond acceptors (Lipinski definition) is 4. The zero-order valence-electron chi connectivity index (χ0n) is 7.30. The van der Waals surface area contributed by atoms with Crippen LogP contribution in [0.25, 0.3) is 0 Å². The largest absolute Gasteiger partial charge is 0.481 e. The van der Waals surface area contributed by atoms with E-state index in [1.165, 1.54) is 12.4 Å². The lowest BCUT2D eigenvalue weighted by atomic mass is 10.2. The molecule has 1 heterocycles. The molecular weight excluding hydrogens is 186 g/mol. The van der Waals surface area contributed by atoms with Crippen LogP contribution in [0.3, 0.4) is 0 Å². The average molecular weight is 195 g/mol. The Hall–Kier alpha value is -1.98. The lowest BCUT2D eigenvalue weighted by Crippen LogP contribution is -2.15. The number of carboxylic acids is 1. The second-order valence-corrected chi connectivity index (χ2v) is 2.67. The van der Waals surface area contributed by atoms with Crippen LogP contribution in [-0.4, -0.2) is 27.0 Å². The molecule has 0 spiro atoms. The van der Waals surface area contributed by atoms with Gasteiger partial charge in [0.1, 0.15) is 0 Å². The van der Waals surface area contributed by atoms with E-state index in [9.17, 15) is 9.59 Å². The first kappa shape index (κ1) is 10.1. The summed E-state index contributed by atoms with van der Waals surface area (Å²) in [5.41, 5.74) is 5.59. The number of aryl methyl sites for hydroxylation is 1. The van der Waals surface area contributed by atoms with Gasteiger partial charge in [0.05, 0.1) is 0 Å². The van der Waals surface area contributed by atoms with E-state index in [2.05, 4.69) is 9.97 Å². The van der Waals surface area contributed by atoms with Crippen molar-refractivity contribution in [3.8, 4) is 0 Å². The van der Waals surface area contributed by atoms with E-state index >= 15 is 0 Å². The predicted octanol–water partition coefficient (Wildman–Crippen LogP) is -0.407. The van der Waals surface area contributed by atoms with Crippen molar-refractivity contribution in [3.63, 3.8) is 0 Å². The number of primary amides is 1. The fourth-order valence-electron chi connectivity index (χ4n) is 0.862. The van der Waals surface area contributed by atoms with Gasteiger partial charge in [0.2, 0.25) is 5.82 Å². The molecule has 0 saturated carbocycles. The first-order chi connectivity index (χ1) is 6.59. The van der Waals surface area contributed by atoms with Crippen molar-refractivity contribution >= 4 is 11.9 Å². The normalized spacial score (nSPS) is 9.71. The molecule has 1 amide bonds. The van der Waals surface area contributed by atoms with Gasteiger partial charge in [-0.25, -0.2) is 9.97 Å². The van der Waals surface area contributed by atoms with E-state index in [1.54, 1.807) is 0 Å². The first-order valence-electron chi connectivity index (χ1n) is 3.92. The molecule has 0 bridgehead atoms. The van der Waals surface area contributed by atoms with Gasteiger partial charge < -0.3 is 10.8 Å². The molecule has 6 heteroatoms. The number of nitrogens with two attached hydrogens (primary N) is 1. The summed E-state index contributed by atoms with van der Waals surface area (Å²) >= 11 is 0. The third kappa shape index (κ3) is 2.81. The minimum absolute atomic E-state index is 0.0132. The van der Waals surface area contributed by atoms with Crippen LogP contribution in [0, 0.1) is 0 Å². The minimum Gasteiger partial charge on any atom is -0.481 e. The van der Waals surface area contributed by atoms with Crippen molar-refractivity contribution in [1.82, 2.24) is 9.97 Å². The Morgan fingerprint density at radius 2 is 1.93 bits per heavy atom. The van der Waals surface area contributed by atoms with E-state index in [0.29, 0.717) is 12.0 Å². The van der Waals surface area contributed by atoms with Crippen LogP contribution in [0.1, 0.15) is 22.6 Å². The van der Waals surface area contributed by atoms with Crippen LogP contribution >= 0.6 is 0 Å². The Bertz CT molecular complexity index is 347. The van der Waals surface area contributed by atoms with Gasteiger partial charge in [0.25, 0.3) is 5.91 Å². The monoisotopic (exact) mass is 195 g/mol. The topological polar surface area (TPSA) is 106 Å². The summed E-state index contributed by atoms with van der Waals surface area (Å²) < 4.78 is 0. The van der Waals surface area contributed by atoms with Gasteiger partial charge in [-0.1, -0.05) is 0 Å². The van der Waals surface area contributed by atoms with Crippen LogP contribution in [0.15, 0.2) is 12.4 Å².